The number of amides is 2. The van der Waals surface area contributed by atoms with Crippen LogP contribution in [0.3, 0.4) is 0 Å². The zero-order chi connectivity index (χ0) is 20.8. The van der Waals surface area contributed by atoms with Crippen molar-refractivity contribution in [2.75, 3.05) is 20.2 Å². The molecule has 2 aliphatic heterocycles. The van der Waals surface area contributed by atoms with Crippen LogP contribution in [0.1, 0.15) is 53.0 Å². The zero-order valence-corrected chi connectivity index (χ0v) is 16.7. The molecule has 3 heterocycles. The number of methoxy groups -OCH3 is 1. The molecule has 1 aromatic carbocycles. The third-order valence-electron chi connectivity index (χ3n) is 6.31. The van der Waals surface area contributed by atoms with E-state index in [4.69, 9.17) is 9.26 Å². The predicted molar refractivity (Wildman–Crippen MR) is 104 cm³/mol. The Morgan fingerprint density at radius 2 is 1.97 bits per heavy atom. The number of benzene rings is 1. The van der Waals surface area contributed by atoms with Gasteiger partial charge in [-0.05, 0) is 24.8 Å². The lowest BCUT2D eigenvalue weighted by Crippen LogP contribution is -2.55. The minimum absolute atomic E-state index is 0.0496. The summed E-state index contributed by atoms with van der Waals surface area (Å²) in [6.07, 6.45) is 2.58. The summed E-state index contributed by atoms with van der Waals surface area (Å²) in [6.45, 7) is 0.298. The molecule has 3 fully saturated rings. The van der Waals surface area contributed by atoms with Crippen molar-refractivity contribution in [2.24, 2.45) is 5.92 Å². The van der Waals surface area contributed by atoms with Gasteiger partial charge in [0, 0.05) is 18.5 Å². The highest BCUT2D eigenvalue weighted by Crippen LogP contribution is 2.44. The van der Waals surface area contributed by atoms with Crippen LogP contribution in [0.25, 0.3) is 0 Å². The summed E-state index contributed by atoms with van der Waals surface area (Å²) in [5.41, 5.74) is 1.70. The summed E-state index contributed by atoms with van der Waals surface area (Å²) in [4.78, 5) is 41.8. The third kappa shape index (κ3) is 3.16. The first-order chi connectivity index (χ1) is 14.6. The quantitative estimate of drug-likeness (QED) is 0.719. The lowest BCUT2D eigenvalue weighted by atomic mass is 9.93. The molecule has 156 valence electrons. The van der Waals surface area contributed by atoms with E-state index in [2.05, 4.69) is 5.16 Å². The van der Waals surface area contributed by atoms with Crippen LogP contribution in [0.2, 0.25) is 0 Å². The Labute approximate surface area is 173 Å². The predicted octanol–water partition coefficient (Wildman–Crippen LogP) is 2.14. The maximum absolute atomic E-state index is 13.1. The van der Waals surface area contributed by atoms with Crippen LogP contribution in [0.4, 0.5) is 0 Å². The Kier molecular flexibility index (Phi) is 4.56. The molecule has 1 aliphatic carbocycles. The Bertz CT molecular complexity index is 984. The molecule has 0 N–H and O–H groups in total. The van der Waals surface area contributed by atoms with Gasteiger partial charge < -0.3 is 19.1 Å². The third-order valence-corrected chi connectivity index (χ3v) is 6.31. The molecule has 0 unspecified atom stereocenters. The number of ether oxygens (including phenoxy) is 1. The zero-order valence-electron chi connectivity index (χ0n) is 16.7. The van der Waals surface area contributed by atoms with Gasteiger partial charge in [-0.3, -0.25) is 14.4 Å². The summed E-state index contributed by atoms with van der Waals surface area (Å²) in [5.74, 6) is -0.764. The fourth-order valence-electron chi connectivity index (χ4n) is 4.73. The summed E-state index contributed by atoms with van der Waals surface area (Å²) in [7, 11) is 1.36. The van der Waals surface area contributed by atoms with Crippen LogP contribution in [-0.4, -0.2) is 59.0 Å². The van der Waals surface area contributed by atoms with Gasteiger partial charge in [0.1, 0.15) is 6.54 Å². The Balaban J connectivity index is 1.39. The molecule has 2 saturated heterocycles. The van der Waals surface area contributed by atoms with Crippen LogP contribution in [0, 0.1) is 5.92 Å². The van der Waals surface area contributed by atoms with E-state index in [1.165, 1.54) is 12.0 Å². The standard InChI is InChI=1S/C22H23N3O5/c1-29-22(28)16-9-15-11-24(21(27)18-10-17(23-30-18)13-7-8-13)12-19(26)25(15)20(16)14-5-3-2-4-6-14/h2-6,10,13,15-16,20H,7-9,11-12H2,1H3/t15-,16-,20-/m0/s1. The molecular weight excluding hydrogens is 386 g/mol. The highest BCUT2D eigenvalue weighted by Gasteiger charge is 2.51. The Morgan fingerprint density at radius 1 is 1.20 bits per heavy atom. The second kappa shape index (κ2) is 7.27. The highest BCUT2D eigenvalue weighted by atomic mass is 16.5. The van der Waals surface area contributed by atoms with E-state index in [-0.39, 0.29) is 42.2 Å². The van der Waals surface area contributed by atoms with E-state index in [0.29, 0.717) is 18.9 Å². The second-order valence-corrected chi connectivity index (χ2v) is 8.25. The monoisotopic (exact) mass is 409 g/mol. The van der Waals surface area contributed by atoms with Gasteiger partial charge in [-0.15, -0.1) is 0 Å². The van der Waals surface area contributed by atoms with Gasteiger partial charge in [-0.1, -0.05) is 35.5 Å². The van der Waals surface area contributed by atoms with Crippen molar-refractivity contribution in [3.8, 4) is 0 Å². The average Bonchev–Trinajstić information content (AvgIpc) is 3.36. The van der Waals surface area contributed by atoms with Crippen LogP contribution in [0.5, 0.6) is 0 Å². The average molecular weight is 409 g/mol. The van der Waals surface area contributed by atoms with Crippen molar-refractivity contribution in [3.63, 3.8) is 0 Å². The highest BCUT2D eigenvalue weighted by molar-refractivity contribution is 5.95. The fourth-order valence-corrected chi connectivity index (χ4v) is 4.73. The number of fused-ring (bicyclic) bond motifs is 1. The largest absolute Gasteiger partial charge is 0.469 e. The molecule has 0 radical (unpaired) electrons. The molecule has 5 rings (SSSR count). The van der Waals surface area contributed by atoms with Gasteiger partial charge in [-0.25, -0.2) is 0 Å². The van der Waals surface area contributed by atoms with Crippen molar-refractivity contribution >= 4 is 17.8 Å². The van der Waals surface area contributed by atoms with Gasteiger partial charge in [-0.2, -0.15) is 0 Å². The van der Waals surface area contributed by atoms with Gasteiger partial charge >= 0.3 is 5.97 Å². The molecule has 1 saturated carbocycles. The Morgan fingerprint density at radius 3 is 2.67 bits per heavy atom. The lowest BCUT2D eigenvalue weighted by Gasteiger charge is -2.39. The molecule has 30 heavy (non-hydrogen) atoms. The molecular formula is C22H23N3O5. The van der Waals surface area contributed by atoms with Crippen LogP contribution in [-0.2, 0) is 14.3 Å². The van der Waals surface area contributed by atoms with E-state index >= 15 is 0 Å². The van der Waals surface area contributed by atoms with E-state index in [0.717, 1.165) is 24.1 Å². The smallest absolute Gasteiger partial charge is 0.311 e. The van der Waals surface area contributed by atoms with Crippen molar-refractivity contribution in [1.82, 2.24) is 15.0 Å². The summed E-state index contributed by atoms with van der Waals surface area (Å²) in [5, 5.41) is 4.00. The summed E-state index contributed by atoms with van der Waals surface area (Å²) < 4.78 is 10.3. The molecule has 2 amide bonds. The number of aromatic nitrogens is 1. The van der Waals surface area contributed by atoms with E-state index in [1.54, 1.807) is 11.0 Å². The maximum atomic E-state index is 13.1. The van der Waals surface area contributed by atoms with Gasteiger partial charge in [0.2, 0.25) is 11.7 Å². The number of carbonyl (C=O) groups excluding carboxylic acids is 3. The van der Waals surface area contributed by atoms with Gasteiger partial charge in [0.15, 0.2) is 0 Å². The Hall–Kier alpha value is -3.16. The lowest BCUT2D eigenvalue weighted by molar-refractivity contribution is -0.147. The molecule has 3 aliphatic rings. The SMILES string of the molecule is COC(=O)[C@H]1C[C@H]2CN(C(=O)c3cc(C4CC4)no3)CC(=O)N2[C@H]1c1ccccc1. The summed E-state index contributed by atoms with van der Waals surface area (Å²) in [6, 6.07) is 10.6. The van der Waals surface area contributed by atoms with Crippen molar-refractivity contribution < 1.29 is 23.6 Å². The number of esters is 1. The normalized spacial score (nSPS) is 25.9. The number of hydrogen-bond donors (Lipinski definition) is 0. The molecule has 8 heteroatoms. The minimum atomic E-state index is -0.465. The molecule has 2 aromatic rings. The van der Waals surface area contributed by atoms with Crippen molar-refractivity contribution in [3.05, 3.63) is 53.4 Å². The number of nitrogens with zero attached hydrogens (tertiary/aromatic N) is 3. The van der Waals surface area contributed by atoms with Crippen LogP contribution < -0.4 is 0 Å². The molecule has 3 atom stereocenters. The maximum Gasteiger partial charge on any atom is 0.311 e. The molecule has 1 aromatic heterocycles. The minimum Gasteiger partial charge on any atom is -0.469 e. The first-order valence-electron chi connectivity index (χ1n) is 10.3. The number of hydrogen-bond acceptors (Lipinski definition) is 6. The van der Waals surface area contributed by atoms with Crippen molar-refractivity contribution in [2.45, 2.75) is 37.3 Å². The molecule has 0 bridgehead atoms. The van der Waals surface area contributed by atoms with E-state index in [9.17, 15) is 14.4 Å². The second-order valence-electron chi connectivity index (χ2n) is 8.25. The fraction of sp³-hybridized carbons (Fsp3) is 0.455. The first-order valence-corrected chi connectivity index (χ1v) is 10.3. The van der Waals surface area contributed by atoms with Gasteiger partial charge in [0.05, 0.1) is 30.8 Å². The van der Waals surface area contributed by atoms with E-state index < -0.39 is 5.92 Å². The molecule has 8 nitrogen and oxygen atoms in total. The van der Waals surface area contributed by atoms with Crippen LogP contribution in [0.15, 0.2) is 40.9 Å². The molecule has 0 spiro atoms. The number of rotatable bonds is 4. The van der Waals surface area contributed by atoms with E-state index in [1.807, 2.05) is 30.3 Å². The van der Waals surface area contributed by atoms with Gasteiger partial charge in [0.25, 0.3) is 5.91 Å². The number of carbonyl (C=O) groups is 3. The first kappa shape index (κ1) is 18.8. The summed E-state index contributed by atoms with van der Waals surface area (Å²) >= 11 is 0. The topological polar surface area (TPSA) is 93.0 Å². The van der Waals surface area contributed by atoms with Crippen molar-refractivity contribution in [1.29, 1.82) is 0 Å². The van der Waals surface area contributed by atoms with Crippen LogP contribution >= 0.6 is 0 Å². The number of piperazine rings is 1.